The molecule has 33 heavy (non-hydrogen) atoms. The summed E-state index contributed by atoms with van der Waals surface area (Å²) in [6.45, 7) is 9.42. The Morgan fingerprint density at radius 1 is 1.21 bits per heavy atom. The molecule has 0 aliphatic heterocycles. The molecule has 1 aromatic carbocycles. The van der Waals surface area contributed by atoms with Crippen molar-refractivity contribution in [3.63, 3.8) is 0 Å². The Bertz CT molecular complexity index is 1290. The molecule has 3 aromatic rings. The van der Waals surface area contributed by atoms with Crippen molar-refractivity contribution in [3.8, 4) is 0 Å². The Kier molecular flexibility index (Phi) is 7.94. The van der Waals surface area contributed by atoms with Crippen LogP contribution in [0.5, 0.6) is 0 Å². The molecule has 0 fully saturated rings. The smallest absolute Gasteiger partial charge is 0.348 e. The number of hydrogen-bond donors (Lipinski definition) is 0. The third-order valence-corrected chi connectivity index (χ3v) is 7.85. The van der Waals surface area contributed by atoms with Crippen LogP contribution in [0.3, 0.4) is 0 Å². The first-order valence-corrected chi connectivity index (χ1v) is 12.8. The molecule has 3 rings (SSSR count). The van der Waals surface area contributed by atoms with Gasteiger partial charge in [-0.25, -0.2) is 9.78 Å². The van der Waals surface area contributed by atoms with Crippen molar-refractivity contribution in [1.82, 2.24) is 9.55 Å². The summed E-state index contributed by atoms with van der Waals surface area (Å²) in [5.74, 6) is -0.277. The molecule has 0 saturated heterocycles. The fourth-order valence-electron chi connectivity index (χ4n) is 3.01. The molecule has 0 bridgehead atoms. The second-order valence-corrected chi connectivity index (χ2v) is 11.2. The van der Waals surface area contributed by atoms with E-state index in [0.29, 0.717) is 35.9 Å². The van der Waals surface area contributed by atoms with E-state index in [0.717, 1.165) is 16.9 Å². The lowest BCUT2D eigenvalue weighted by molar-refractivity contribution is -0.123. The van der Waals surface area contributed by atoms with Gasteiger partial charge in [0.15, 0.2) is 5.16 Å². The van der Waals surface area contributed by atoms with E-state index < -0.39 is 11.4 Å². The monoisotopic (exact) mass is 526 g/mol. The van der Waals surface area contributed by atoms with Gasteiger partial charge in [-0.3, -0.25) is 14.2 Å². The summed E-state index contributed by atoms with van der Waals surface area (Å²) in [7, 11) is 0. The normalized spacial score (nSPS) is 11.7. The maximum absolute atomic E-state index is 13.6. The maximum atomic E-state index is 13.6. The number of esters is 1. The van der Waals surface area contributed by atoms with Crippen LogP contribution in [0.15, 0.2) is 28.2 Å². The second kappa shape index (κ2) is 10.2. The summed E-state index contributed by atoms with van der Waals surface area (Å²) < 4.78 is 6.64. The van der Waals surface area contributed by atoms with Gasteiger partial charge in [-0.1, -0.05) is 61.8 Å². The Morgan fingerprint density at radius 2 is 1.91 bits per heavy atom. The zero-order valence-corrected chi connectivity index (χ0v) is 22.1. The summed E-state index contributed by atoms with van der Waals surface area (Å²) in [6, 6.07) is 5.14. The molecule has 0 aliphatic carbocycles. The van der Waals surface area contributed by atoms with Crippen LogP contribution in [0.1, 0.15) is 48.5 Å². The molecule has 0 unspecified atom stereocenters. The highest BCUT2D eigenvalue weighted by Crippen LogP contribution is 2.31. The summed E-state index contributed by atoms with van der Waals surface area (Å²) in [5, 5.41) is 1.56. The average molecular weight is 527 g/mol. The van der Waals surface area contributed by atoms with Crippen LogP contribution < -0.4 is 5.56 Å². The summed E-state index contributed by atoms with van der Waals surface area (Å²) in [5.41, 5.74) is 0.495. The van der Waals surface area contributed by atoms with Crippen LogP contribution in [0.2, 0.25) is 10.0 Å². The lowest BCUT2D eigenvalue weighted by atomic mass is 9.92. The molecule has 2 aromatic heterocycles. The van der Waals surface area contributed by atoms with Crippen LogP contribution >= 0.6 is 46.3 Å². The van der Waals surface area contributed by atoms with E-state index in [1.165, 1.54) is 16.3 Å². The standard InChI is InChI=1S/C23H24Cl2N2O4S2/c1-6-31-21(30)18-12(2)17-19(33-18)26-22(32-11-16(28)23(3,4)5)27(20(17)29)10-13-7-8-14(24)15(25)9-13/h7-9H,6,10-11H2,1-5H3. The fourth-order valence-corrected chi connectivity index (χ4v) is 5.60. The summed E-state index contributed by atoms with van der Waals surface area (Å²) in [6.07, 6.45) is 0. The van der Waals surface area contributed by atoms with Gasteiger partial charge in [0, 0.05) is 5.41 Å². The molecule has 0 aliphatic rings. The number of ether oxygens (including phenoxy) is 1. The minimum absolute atomic E-state index is 0.0394. The minimum Gasteiger partial charge on any atom is -0.462 e. The second-order valence-electron chi connectivity index (χ2n) is 8.45. The first kappa shape index (κ1) is 25.7. The van der Waals surface area contributed by atoms with Gasteiger partial charge >= 0.3 is 5.97 Å². The topological polar surface area (TPSA) is 78.3 Å². The lowest BCUT2D eigenvalue weighted by Gasteiger charge is -2.17. The number of hydrogen-bond acceptors (Lipinski definition) is 7. The van der Waals surface area contributed by atoms with Crippen molar-refractivity contribution in [2.75, 3.05) is 12.4 Å². The Morgan fingerprint density at radius 3 is 2.52 bits per heavy atom. The number of ketones is 1. The van der Waals surface area contributed by atoms with Gasteiger partial charge < -0.3 is 4.74 Å². The molecule has 0 atom stereocenters. The van der Waals surface area contributed by atoms with Crippen molar-refractivity contribution in [2.45, 2.75) is 46.3 Å². The fraction of sp³-hybridized carbons (Fsp3) is 0.391. The van der Waals surface area contributed by atoms with Crippen molar-refractivity contribution in [3.05, 3.63) is 54.6 Å². The zero-order chi connectivity index (χ0) is 24.5. The van der Waals surface area contributed by atoms with Gasteiger partial charge in [0.05, 0.1) is 34.3 Å². The van der Waals surface area contributed by atoms with E-state index in [9.17, 15) is 14.4 Å². The number of Topliss-reactive ketones (excluding diaryl/α,β-unsaturated/α-hetero) is 1. The predicted octanol–water partition coefficient (Wildman–Crippen LogP) is 6.01. The van der Waals surface area contributed by atoms with E-state index in [1.807, 2.05) is 20.8 Å². The van der Waals surface area contributed by atoms with E-state index in [-0.39, 0.29) is 30.2 Å². The van der Waals surface area contributed by atoms with Crippen LogP contribution in [0.4, 0.5) is 0 Å². The van der Waals surface area contributed by atoms with Crippen LogP contribution in [-0.4, -0.2) is 33.7 Å². The zero-order valence-electron chi connectivity index (χ0n) is 19.0. The number of thiophene rings is 1. The van der Waals surface area contributed by atoms with E-state index >= 15 is 0 Å². The van der Waals surface area contributed by atoms with Gasteiger partial charge in [0.25, 0.3) is 5.56 Å². The van der Waals surface area contributed by atoms with E-state index in [1.54, 1.807) is 32.0 Å². The number of carbonyl (C=O) groups excluding carboxylic acids is 2. The number of carbonyl (C=O) groups is 2. The first-order valence-electron chi connectivity index (χ1n) is 10.2. The number of thioether (sulfide) groups is 1. The molecule has 0 spiro atoms. The molecule has 0 N–H and O–H groups in total. The number of benzene rings is 1. The molecule has 2 heterocycles. The van der Waals surface area contributed by atoms with Crippen LogP contribution in [-0.2, 0) is 16.1 Å². The third-order valence-electron chi connectivity index (χ3n) is 4.97. The van der Waals surface area contributed by atoms with Crippen molar-refractivity contribution in [2.24, 2.45) is 5.41 Å². The maximum Gasteiger partial charge on any atom is 0.348 e. The SMILES string of the molecule is CCOC(=O)c1sc2nc(SCC(=O)C(C)(C)C)n(Cc3ccc(Cl)c(Cl)c3)c(=O)c2c1C. The third kappa shape index (κ3) is 5.62. The summed E-state index contributed by atoms with van der Waals surface area (Å²) in [4.78, 5) is 44.0. The van der Waals surface area contributed by atoms with E-state index in [2.05, 4.69) is 4.98 Å². The largest absolute Gasteiger partial charge is 0.462 e. The van der Waals surface area contributed by atoms with Gasteiger partial charge in [-0.15, -0.1) is 11.3 Å². The van der Waals surface area contributed by atoms with Gasteiger partial charge in [0.1, 0.15) is 15.5 Å². The van der Waals surface area contributed by atoms with Crippen molar-refractivity contribution < 1.29 is 14.3 Å². The molecule has 0 radical (unpaired) electrons. The molecule has 0 amide bonds. The lowest BCUT2D eigenvalue weighted by Crippen LogP contribution is -2.26. The Labute approximate surface area is 210 Å². The minimum atomic E-state index is -0.511. The number of aryl methyl sites for hydroxylation is 1. The van der Waals surface area contributed by atoms with Gasteiger partial charge in [0.2, 0.25) is 0 Å². The Balaban J connectivity index is 2.14. The number of nitrogens with zero attached hydrogens (tertiary/aromatic N) is 2. The highest BCUT2D eigenvalue weighted by atomic mass is 35.5. The predicted molar refractivity (Wildman–Crippen MR) is 135 cm³/mol. The van der Waals surface area contributed by atoms with Crippen LogP contribution in [0, 0.1) is 12.3 Å². The number of aromatic nitrogens is 2. The highest BCUT2D eigenvalue weighted by Gasteiger charge is 2.25. The average Bonchev–Trinajstić information content (AvgIpc) is 3.07. The van der Waals surface area contributed by atoms with Gasteiger partial charge in [-0.2, -0.15) is 0 Å². The van der Waals surface area contributed by atoms with Crippen molar-refractivity contribution in [1.29, 1.82) is 0 Å². The molecule has 6 nitrogen and oxygen atoms in total. The number of fused-ring (bicyclic) bond motifs is 1. The molecule has 176 valence electrons. The first-order chi connectivity index (χ1) is 15.4. The molecule has 10 heteroatoms. The van der Waals surface area contributed by atoms with Crippen LogP contribution in [0.25, 0.3) is 10.2 Å². The number of halogens is 2. The number of rotatable bonds is 7. The highest BCUT2D eigenvalue weighted by molar-refractivity contribution is 7.99. The summed E-state index contributed by atoms with van der Waals surface area (Å²) >= 11 is 14.5. The molecular weight excluding hydrogens is 503 g/mol. The molecule has 0 saturated carbocycles. The van der Waals surface area contributed by atoms with E-state index in [4.69, 9.17) is 27.9 Å². The van der Waals surface area contributed by atoms with Crippen molar-refractivity contribution >= 4 is 68.3 Å². The molecular formula is C23H24Cl2N2O4S2. The van der Waals surface area contributed by atoms with Gasteiger partial charge in [-0.05, 0) is 37.1 Å². The quantitative estimate of drug-likeness (QED) is 0.213. The Hall–Kier alpha value is -1.87.